The van der Waals surface area contributed by atoms with Crippen LogP contribution >= 0.6 is 0 Å². The number of rotatable bonds is 7. The van der Waals surface area contributed by atoms with Crippen LogP contribution < -0.4 is 4.74 Å². The van der Waals surface area contributed by atoms with Crippen LogP contribution in [0.3, 0.4) is 0 Å². The predicted octanol–water partition coefficient (Wildman–Crippen LogP) is 6.74. The molecule has 1 aromatic heterocycles. The molecule has 1 aliphatic carbocycles. The van der Waals surface area contributed by atoms with E-state index in [1.807, 2.05) is 18.4 Å². The first-order chi connectivity index (χ1) is 15.7. The van der Waals surface area contributed by atoms with Gasteiger partial charge in [-0.2, -0.15) is 0 Å². The molecule has 0 aliphatic heterocycles. The van der Waals surface area contributed by atoms with Gasteiger partial charge in [0.1, 0.15) is 18.1 Å². The molecule has 0 fully saturated rings. The van der Waals surface area contributed by atoms with E-state index < -0.39 is 0 Å². The van der Waals surface area contributed by atoms with Crippen LogP contribution in [0.15, 0.2) is 77.4 Å². The first kappa shape index (κ1) is 20.8. The van der Waals surface area contributed by atoms with Gasteiger partial charge in [-0.25, -0.2) is 0 Å². The zero-order chi connectivity index (χ0) is 21.9. The summed E-state index contributed by atoms with van der Waals surface area (Å²) in [7, 11) is 4.32. The molecule has 1 aliphatic rings. The molecule has 1 atom stereocenters. The number of hydrogen-bond acceptors (Lipinski definition) is 3. The SMILES string of the molecule is CN(C)CCC1CCc2cc(OCc3ccc(-c4occ5ccccc45)cc3)ccc2C1. The van der Waals surface area contributed by atoms with Crippen molar-refractivity contribution in [3.63, 3.8) is 0 Å². The quantitative estimate of drug-likeness (QED) is 0.328. The Morgan fingerprint density at radius 3 is 2.66 bits per heavy atom. The molecule has 0 amide bonds. The minimum absolute atomic E-state index is 0.573. The highest BCUT2D eigenvalue weighted by atomic mass is 16.5. The topological polar surface area (TPSA) is 25.6 Å². The number of ether oxygens (including phenoxy) is 1. The van der Waals surface area contributed by atoms with Gasteiger partial charge in [-0.1, -0.05) is 54.6 Å². The summed E-state index contributed by atoms with van der Waals surface area (Å²) in [6.07, 6.45) is 6.76. The van der Waals surface area contributed by atoms with Gasteiger partial charge >= 0.3 is 0 Å². The highest BCUT2D eigenvalue weighted by Gasteiger charge is 2.19. The molecule has 164 valence electrons. The Morgan fingerprint density at radius 2 is 1.81 bits per heavy atom. The smallest absolute Gasteiger partial charge is 0.141 e. The predicted molar refractivity (Wildman–Crippen MR) is 131 cm³/mol. The highest BCUT2D eigenvalue weighted by Crippen LogP contribution is 2.32. The van der Waals surface area contributed by atoms with Gasteiger partial charge < -0.3 is 14.1 Å². The molecule has 0 radical (unpaired) electrons. The van der Waals surface area contributed by atoms with E-state index in [0.717, 1.165) is 45.7 Å². The first-order valence-corrected chi connectivity index (χ1v) is 11.6. The number of nitrogens with zero attached hydrogens (tertiary/aromatic N) is 1. The van der Waals surface area contributed by atoms with Crippen LogP contribution in [0.5, 0.6) is 5.75 Å². The first-order valence-electron chi connectivity index (χ1n) is 11.6. The van der Waals surface area contributed by atoms with Crippen molar-refractivity contribution in [3.8, 4) is 17.1 Å². The van der Waals surface area contributed by atoms with Crippen molar-refractivity contribution in [2.75, 3.05) is 20.6 Å². The average molecular weight is 426 g/mol. The molecule has 5 rings (SSSR count). The van der Waals surface area contributed by atoms with Crippen LogP contribution in [0.1, 0.15) is 29.5 Å². The summed E-state index contributed by atoms with van der Waals surface area (Å²) in [6, 6.07) is 23.4. The van der Waals surface area contributed by atoms with Crippen LogP contribution in [0.2, 0.25) is 0 Å². The summed E-state index contributed by atoms with van der Waals surface area (Å²) < 4.78 is 12.0. The fourth-order valence-electron chi connectivity index (χ4n) is 4.72. The van der Waals surface area contributed by atoms with Crippen LogP contribution in [0.4, 0.5) is 0 Å². The van der Waals surface area contributed by atoms with Crippen molar-refractivity contribution in [2.45, 2.75) is 32.3 Å². The van der Waals surface area contributed by atoms with Gasteiger partial charge in [-0.3, -0.25) is 0 Å². The van der Waals surface area contributed by atoms with Gasteiger partial charge in [0.25, 0.3) is 0 Å². The number of aryl methyl sites for hydroxylation is 1. The second-order valence-corrected chi connectivity index (χ2v) is 9.27. The molecule has 3 nitrogen and oxygen atoms in total. The minimum atomic E-state index is 0.573. The normalized spacial score (nSPS) is 15.8. The van der Waals surface area contributed by atoms with Crippen molar-refractivity contribution < 1.29 is 9.15 Å². The van der Waals surface area contributed by atoms with E-state index in [4.69, 9.17) is 9.15 Å². The third-order valence-electron chi connectivity index (χ3n) is 6.62. The Hall–Kier alpha value is -3.04. The van der Waals surface area contributed by atoms with Crippen molar-refractivity contribution in [1.82, 2.24) is 4.90 Å². The fraction of sp³-hybridized carbons (Fsp3) is 0.310. The Kier molecular flexibility index (Phi) is 6.00. The number of benzene rings is 3. The van der Waals surface area contributed by atoms with Crippen LogP contribution in [0, 0.1) is 5.92 Å². The number of furan rings is 1. The van der Waals surface area contributed by atoms with E-state index in [2.05, 4.69) is 73.6 Å². The van der Waals surface area contributed by atoms with Crippen LogP contribution in [-0.4, -0.2) is 25.5 Å². The molecule has 1 heterocycles. The number of fused-ring (bicyclic) bond motifs is 2. The minimum Gasteiger partial charge on any atom is -0.489 e. The summed E-state index contributed by atoms with van der Waals surface area (Å²) in [6.45, 7) is 1.75. The molecule has 4 aromatic rings. The third kappa shape index (κ3) is 4.58. The average Bonchev–Trinajstić information content (AvgIpc) is 3.26. The van der Waals surface area contributed by atoms with Crippen molar-refractivity contribution in [1.29, 1.82) is 0 Å². The summed E-state index contributed by atoms with van der Waals surface area (Å²) in [5, 5.41) is 2.28. The Morgan fingerprint density at radius 1 is 0.969 bits per heavy atom. The molecule has 0 spiro atoms. The summed E-state index contributed by atoms with van der Waals surface area (Å²) in [4.78, 5) is 2.29. The number of hydrogen-bond donors (Lipinski definition) is 0. The summed E-state index contributed by atoms with van der Waals surface area (Å²) in [5.74, 6) is 2.70. The zero-order valence-corrected chi connectivity index (χ0v) is 19.0. The maximum absolute atomic E-state index is 6.13. The molecule has 0 saturated heterocycles. The monoisotopic (exact) mass is 425 g/mol. The molecule has 1 unspecified atom stereocenters. The van der Waals surface area contributed by atoms with Gasteiger partial charge in [-0.05, 0) is 81.1 Å². The maximum atomic E-state index is 6.13. The Labute approximate surface area is 190 Å². The third-order valence-corrected chi connectivity index (χ3v) is 6.62. The van der Waals surface area contributed by atoms with E-state index >= 15 is 0 Å². The standard InChI is InChI=1S/C29H31NO2/c1-30(2)16-15-21-7-12-25-18-27(14-13-24(25)17-21)31-19-22-8-10-23(11-9-22)29-28-6-4-3-5-26(28)20-32-29/h3-6,8-11,13-14,18,20-21H,7,12,15-17,19H2,1-2H3. The second kappa shape index (κ2) is 9.22. The Bertz CT molecular complexity index is 1190. The van der Waals surface area contributed by atoms with Gasteiger partial charge in [0, 0.05) is 16.3 Å². The molecular weight excluding hydrogens is 394 g/mol. The zero-order valence-electron chi connectivity index (χ0n) is 19.0. The molecule has 32 heavy (non-hydrogen) atoms. The van der Waals surface area contributed by atoms with Crippen molar-refractivity contribution in [3.05, 3.63) is 89.7 Å². The van der Waals surface area contributed by atoms with Gasteiger partial charge in [0.05, 0.1) is 6.26 Å². The Balaban J connectivity index is 1.21. The molecule has 0 bridgehead atoms. The summed E-state index contributed by atoms with van der Waals surface area (Å²) >= 11 is 0. The lowest BCUT2D eigenvalue weighted by Gasteiger charge is -2.26. The van der Waals surface area contributed by atoms with E-state index in [1.54, 1.807) is 0 Å². The molecule has 0 saturated carbocycles. The van der Waals surface area contributed by atoms with Gasteiger partial charge in [0.2, 0.25) is 0 Å². The second-order valence-electron chi connectivity index (χ2n) is 9.27. The highest BCUT2D eigenvalue weighted by molar-refractivity contribution is 5.94. The lowest BCUT2D eigenvalue weighted by molar-refractivity contribution is 0.304. The molecule has 0 N–H and O–H groups in total. The molecule has 3 aromatic carbocycles. The van der Waals surface area contributed by atoms with E-state index in [9.17, 15) is 0 Å². The van der Waals surface area contributed by atoms with E-state index in [1.165, 1.54) is 36.9 Å². The molecule has 3 heteroatoms. The van der Waals surface area contributed by atoms with Gasteiger partial charge in [-0.15, -0.1) is 0 Å². The largest absolute Gasteiger partial charge is 0.489 e. The van der Waals surface area contributed by atoms with Crippen molar-refractivity contribution in [2.24, 2.45) is 5.92 Å². The van der Waals surface area contributed by atoms with E-state index in [-0.39, 0.29) is 0 Å². The van der Waals surface area contributed by atoms with Crippen LogP contribution in [-0.2, 0) is 19.4 Å². The van der Waals surface area contributed by atoms with Crippen LogP contribution in [0.25, 0.3) is 22.1 Å². The summed E-state index contributed by atoms with van der Waals surface area (Å²) in [5.41, 5.74) is 5.21. The van der Waals surface area contributed by atoms with E-state index in [0.29, 0.717) is 6.61 Å². The maximum Gasteiger partial charge on any atom is 0.141 e. The fourth-order valence-corrected chi connectivity index (χ4v) is 4.72. The molecular formula is C29H31NO2. The van der Waals surface area contributed by atoms with Gasteiger partial charge in [0.15, 0.2) is 0 Å². The lowest BCUT2D eigenvalue weighted by Crippen LogP contribution is -2.21. The van der Waals surface area contributed by atoms with Crippen molar-refractivity contribution >= 4 is 10.8 Å². The lowest BCUT2D eigenvalue weighted by atomic mass is 9.82.